The highest BCUT2D eigenvalue weighted by atomic mass is 32.2. The second kappa shape index (κ2) is 8.70. The Hall–Kier alpha value is -0.520. The molecule has 0 unspecified atom stereocenters. The molecule has 1 aromatic heterocycles. The second-order valence-corrected chi connectivity index (χ2v) is 8.16. The summed E-state index contributed by atoms with van der Waals surface area (Å²) in [6, 6.07) is 4.26. The third-order valence-corrected chi connectivity index (χ3v) is 5.06. The van der Waals surface area contributed by atoms with E-state index in [4.69, 9.17) is 0 Å². The highest BCUT2D eigenvalue weighted by molar-refractivity contribution is 8.00. The molecule has 5 heteroatoms. The first-order valence-corrected chi connectivity index (χ1v) is 8.91. The molecule has 1 amide bonds. The van der Waals surface area contributed by atoms with Crippen molar-refractivity contribution in [3.05, 3.63) is 21.9 Å². The van der Waals surface area contributed by atoms with Crippen LogP contribution in [0.15, 0.2) is 12.1 Å². The minimum absolute atomic E-state index is 0.0446. The van der Waals surface area contributed by atoms with E-state index in [2.05, 4.69) is 30.9 Å². The van der Waals surface area contributed by atoms with Gasteiger partial charge in [-0.1, -0.05) is 6.92 Å². The maximum absolute atomic E-state index is 12.5. The lowest BCUT2D eigenvalue weighted by atomic mass is 10.3. The van der Waals surface area contributed by atoms with Gasteiger partial charge in [-0.2, -0.15) is 0 Å². The standard InChI is InChI=1S/C15H26N2OS2/c1-6-19-13(3)15(18)17(10-9-16(4)5)11-14-8-7-12(2)20-14/h7-8,13H,6,9-11H2,1-5H3/t13-/m0/s1. The Bertz CT molecular complexity index is 418. The summed E-state index contributed by atoms with van der Waals surface area (Å²) in [5.74, 6) is 1.23. The maximum Gasteiger partial charge on any atom is 0.235 e. The predicted octanol–water partition coefficient (Wildman–Crippen LogP) is 3.09. The molecule has 0 spiro atoms. The zero-order chi connectivity index (χ0) is 15.1. The van der Waals surface area contributed by atoms with Crippen LogP contribution >= 0.6 is 23.1 Å². The first-order chi connectivity index (χ1) is 9.43. The van der Waals surface area contributed by atoms with Gasteiger partial charge in [0.1, 0.15) is 0 Å². The molecule has 0 saturated heterocycles. The molecule has 0 aliphatic rings. The molecule has 0 fully saturated rings. The number of likely N-dealkylation sites (N-methyl/N-ethyl adjacent to an activating group) is 1. The molecule has 1 rings (SSSR count). The van der Waals surface area contributed by atoms with Crippen LogP contribution in [0.25, 0.3) is 0 Å². The van der Waals surface area contributed by atoms with Crippen LogP contribution in [0.5, 0.6) is 0 Å². The van der Waals surface area contributed by atoms with Gasteiger partial charge in [0, 0.05) is 22.8 Å². The fourth-order valence-corrected chi connectivity index (χ4v) is 3.62. The van der Waals surface area contributed by atoms with E-state index in [0.29, 0.717) is 0 Å². The topological polar surface area (TPSA) is 23.6 Å². The van der Waals surface area contributed by atoms with Gasteiger partial charge in [0.2, 0.25) is 5.91 Å². The Kier molecular flexibility index (Phi) is 7.62. The van der Waals surface area contributed by atoms with Gasteiger partial charge in [0.25, 0.3) is 0 Å². The number of amides is 1. The monoisotopic (exact) mass is 314 g/mol. The van der Waals surface area contributed by atoms with Gasteiger partial charge < -0.3 is 9.80 Å². The van der Waals surface area contributed by atoms with Crippen LogP contribution in [-0.4, -0.2) is 53.9 Å². The van der Waals surface area contributed by atoms with E-state index < -0.39 is 0 Å². The Labute approximate surface area is 131 Å². The summed E-state index contributed by atoms with van der Waals surface area (Å²) in [4.78, 5) is 19.2. The van der Waals surface area contributed by atoms with Crippen molar-refractivity contribution in [1.29, 1.82) is 0 Å². The Morgan fingerprint density at radius 1 is 1.35 bits per heavy atom. The average molecular weight is 315 g/mol. The van der Waals surface area contributed by atoms with Crippen molar-refractivity contribution in [1.82, 2.24) is 9.80 Å². The second-order valence-electron chi connectivity index (χ2n) is 5.17. The van der Waals surface area contributed by atoms with Crippen molar-refractivity contribution in [2.24, 2.45) is 0 Å². The van der Waals surface area contributed by atoms with E-state index in [1.54, 1.807) is 23.1 Å². The zero-order valence-electron chi connectivity index (χ0n) is 13.2. The summed E-state index contributed by atoms with van der Waals surface area (Å²) in [7, 11) is 4.09. The third kappa shape index (κ3) is 5.85. The summed E-state index contributed by atoms with van der Waals surface area (Å²) in [5.41, 5.74) is 0. The normalized spacial score (nSPS) is 12.7. The number of rotatable bonds is 8. The first kappa shape index (κ1) is 17.5. The van der Waals surface area contributed by atoms with Crippen LogP contribution in [0.2, 0.25) is 0 Å². The zero-order valence-corrected chi connectivity index (χ0v) is 14.8. The molecule has 0 radical (unpaired) electrons. The van der Waals surface area contributed by atoms with Crippen LogP contribution in [0.4, 0.5) is 0 Å². The van der Waals surface area contributed by atoms with Crippen molar-refractivity contribution in [2.75, 3.05) is 32.9 Å². The van der Waals surface area contributed by atoms with E-state index in [0.717, 1.165) is 25.4 Å². The van der Waals surface area contributed by atoms with Crippen molar-refractivity contribution in [3.8, 4) is 0 Å². The highest BCUT2D eigenvalue weighted by Gasteiger charge is 2.21. The number of aryl methyl sites for hydroxylation is 1. The minimum Gasteiger partial charge on any atom is -0.335 e. The number of thiophene rings is 1. The van der Waals surface area contributed by atoms with Gasteiger partial charge in [-0.05, 0) is 45.8 Å². The minimum atomic E-state index is 0.0446. The van der Waals surface area contributed by atoms with Crippen LogP contribution in [-0.2, 0) is 11.3 Å². The largest absolute Gasteiger partial charge is 0.335 e. The Morgan fingerprint density at radius 3 is 2.55 bits per heavy atom. The number of nitrogens with zero attached hydrogens (tertiary/aromatic N) is 2. The Morgan fingerprint density at radius 2 is 2.05 bits per heavy atom. The molecule has 0 bridgehead atoms. The van der Waals surface area contributed by atoms with Gasteiger partial charge in [0.05, 0.1) is 11.8 Å². The van der Waals surface area contributed by atoms with Crippen LogP contribution in [0, 0.1) is 6.92 Å². The summed E-state index contributed by atoms with van der Waals surface area (Å²) < 4.78 is 0. The molecular formula is C15H26N2OS2. The molecule has 3 nitrogen and oxygen atoms in total. The number of hydrogen-bond donors (Lipinski definition) is 0. The lowest BCUT2D eigenvalue weighted by molar-refractivity contribution is -0.131. The van der Waals surface area contributed by atoms with Gasteiger partial charge in [-0.3, -0.25) is 4.79 Å². The molecule has 0 N–H and O–H groups in total. The number of carbonyl (C=O) groups excluding carboxylic acids is 1. The lowest BCUT2D eigenvalue weighted by Gasteiger charge is -2.26. The van der Waals surface area contributed by atoms with Crippen LogP contribution in [0.3, 0.4) is 0 Å². The van der Waals surface area contributed by atoms with Crippen molar-refractivity contribution in [2.45, 2.75) is 32.6 Å². The molecule has 1 atom stereocenters. The quantitative estimate of drug-likeness (QED) is 0.737. The molecule has 1 heterocycles. The summed E-state index contributed by atoms with van der Waals surface area (Å²) in [6.07, 6.45) is 0. The van der Waals surface area contributed by atoms with Gasteiger partial charge >= 0.3 is 0 Å². The van der Waals surface area contributed by atoms with Crippen molar-refractivity contribution < 1.29 is 4.79 Å². The number of carbonyl (C=O) groups is 1. The molecule has 20 heavy (non-hydrogen) atoms. The molecule has 0 saturated carbocycles. The molecule has 0 aliphatic heterocycles. The summed E-state index contributed by atoms with van der Waals surface area (Å²) in [5, 5.41) is 0.0446. The SMILES string of the molecule is CCS[C@@H](C)C(=O)N(CCN(C)C)Cc1ccc(C)s1. The predicted molar refractivity (Wildman–Crippen MR) is 90.6 cm³/mol. The molecular weight excluding hydrogens is 288 g/mol. The van der Waals surface area contributed by atoms with Gasteiger partial charge in [-0.15, -0.1) is 23.1 Å². The lowest BCUT2D eigenvalue weighted by Crippen LogP contribution is -2.40. The number of hydrogen-bond acceptors (Lipinski definition) is 4. The van der Waals surface area contributed by atoms with E-state index in [-0.39, 0.29) is 11.2 Å². The van der Waals surface area contributed by atoms with E-state index >= 15 is 0 Å². The summed E-state index contributed by atoms with van der Waals surface area (Å²) >= 11 is 3.49. The van der Waals surface area contributed by atoms with Crippen LogP contribution < -0.4 is 0 Å². The maximum atomic E-state index is 12.5. The van der Waals surface area contributed by atoms with E-state index in [9.17, 15) is 4.79 Å². The van der Waals surface area contributed by atoms with Gasteiger partial charge in [-0.25, -0.2) is 0 Å². The van der Waals surface area contributed by atoms with Crippen molar-refractivity contribution >= 4 is 29.0 Å². The number of thioether (sulfide) groups is 1. The molecule has 0 aromatic carbocycles. The molecule has 114 valence electrons. The van der Waals surface area contributed by atoms with Crippen LogP contribution in [0.1, 0.15) is 23.6 Å². The smallest absolute Gasteiger partial charge is 0.235 e. The average Bonchev–Trinajstić information content (AvgIpc) is 2.79. The molecule has 1 aromatic rings. The fourth-order valence-electron chi connectivity index (χ4n) is 1.92. The van der Waals surface area contributed by atoms with Crippen molar-refractivity contribution in [3.63, 3.8) is 0 Å². The highest BCUT2D eigenvalue weighted by Crippen LogP contribution is 2.19. The third-order valence-electron chi connectivity index (χ3n) is 3.04. The molecule has 0 aliphatic carbocycles. The first-order valence-electron chi connectivity index (χ1n) is 7.04. The summed E-state index contributed by atoms with van der Waals surface area (Å²) in [6.45, 7) is 8.65. The van der Waals surface area contributed by atoms with E-state index in [1.807, 2.05) is 25.9 Å². The van der Waals surface area contributed by atoms with E-state index in [1.165, 1.54) is 9.75 Å². The van der Waals surface area contributed by atoms with Gasteiger partial charge in [0.15, 0.2) is 0 Å². The Balaban J connectivity index is 2.70. The fraction of sp³-hybridized carbons (Fsp3) is 0.667.